The first-order chi connectivity index (χ1) is 9.96. The van der Waals surface area contributed by atoms with E-state index in [9.17, 15) is 8.42 Å². The number of sulfonamides is 1. The number of hydrogen-bond acceptors (Lipinski definition) is 5. The zero-order valence-electron chi connectivity index (χ0n) is 12.8. The van der Waals surface area contributed by atoms with Crippen molar-refractivity contribution in [3.63, 3.8) is 0 Å². The van der Waals surface area contributed by atoms with Crippen molar-refractivity contribution >= 4 is 10.0 Å². The molecule has 2 heterocycles. The third-order valence-electron chi connectivity index (χ3n) is 3.59. The van der Waals surface area contributed by atoms with Crippen LogP contribution in [-0.4, -0.2) is 55.3 Å². The number of rotatable bonds is 5. The fourth-order valence-corrected chi connectivity index (χ4v) is 4.12. The minimum absolute atomic E-state index is 0.0977. The Bertz CT molecular complexity index is 570. The third-order valence-corrected chi connectivity index (χ3v) is 5.42. The summed E-state index contributed by atoms with van der Waals surface area (Å²) in [6.07, 6.45) is 0.606. The number of H-pyrrole nitrogens is 1. The van der Waals surface area contributed by atoms with Crippen molar-refractivity contribution < 1.29 is 13.2 Å². The molecule has 7 nitrogen and oxygen atoms in total. The molecule has 0 bridgehead atoms. The number of nitrogens with one attached hydrogen (secondary N) is 2. The maximum atomic E-state index is 12.8. The lowest BCUT2D eigenvalue weighted by atomic mass is 10.2. The molecule has 1 fully saturated rings. The molecule has 1 aromatic rings. The van der Waals surface area contributed by atoms with Crippen LogP contribution in [0.1, 0.15) is 31.5 Å². The first-order valence-corrected chi connectivity index (χ1v) is 8.77. The Morgan fingerprint density at radius 3 is 3.00 bits per heavy atom. The van der Waals surface area contributed by atoms with Gasteiger partial charge in [-0.15, -0.1) is 0 Å². The van der Waals surface area contributed by atoms with E-state index in [-0.39, 0.29) is 11.1 Å². The molecular formula is C13H24N4O3S. The molecule has 0 saturated carbocycles. The van der Waals surface area contributed by atoms with Gasteiger partial charge in [0.1, 0.15) is 0 Å². The SMILES string of the molecule is CCNCc1c(S(=O)(=O)N2CCCOC(C)C2)n[nH]c1C. The molecule has 0 amide bonds. The molecular weight excluding hydrogens is 292 g/mol. The lowest BCUT2D eigenvalue weighted by Crippen LogP contribution is -2.36. The van der Waals surface area contributed by atoms with E-state index in [2.05, 4.69) is 15.5 Å². The molecule has 1 atom stereocenters. The van der Waals surface area contributed by atoms with Gasteiger partial charge in [0.25, 0.3) is 10.0 Å². The molecule has 0 radical (unpaired) electrons. The molecule has 0 aromatic carbocycles. The molecule has 0 aliphatic carbocycles. The number of hydrogen-bond donors (Lipinski definition) is 2. The second-order valence-electron chi connectivity index (χ2n) is 5.31. The Morgan fingerprint density at radius 2 is 2.29 bits per heavy atom. The summed E-state index contributed by atoms with van der Waals surface area (Å²) in [4.78, 5) is 0. The van der Waals surface area contributed by atoms with Crippen molar-refractivity contribution in [3.05, 3.63) is 11.3 Å². The topological polar surface area (TPSA) is 87.3 Å². The highest BCUT2D eigenvalue weighted by molar-refractivity contribution is 7.89. The number of aromatic nitrogens is 2. The summed E-state index contributed by atoms with van der Waals surface area (Å²) in [6.45, 7) is 8.42. The Morgan fingerprint density at radius 1 is 1.52 bits per heavy atom. The fourth-order valence-electron chi connectivity index (χ4n) is 2.40. The maximum absolute atomic E-state index is 12.8. The van der Waals surface area contributed by atoms with Crippen molar-refractivity contribution in [1.82, 2.24) is 19.8 Å². The molecule has 21 heavy (non-hydrogen) atoms. The number of ether oxygens (including phenoxy) is 1. The Labute approximate surface area is 126 Å². The van der Waals surface area contributed by atoms with Gasteiger partial charge in [0.15, 0.2) is 5.03 Å². The van der Waals surface area contributed by atoms with Gasteiger partial charge in [-0.1, -0.05) is 6.92 Å². The minimum atomic E-state index is -3.59. The number of aromatic amines is 1. The van der Waals surface area contributed by atoms with Crippen LogP contribution in [0.3, 0.4) is 0 Å². The van der Waals surface area contributed by atoms with Gasteiger partial charge in [-0.05, 0) is 26.8 Å². The van der Waals surface area contributed by atoms with E-state index >= 15 is 0 Å². The number of nitrogens with zero attached hydrogens (tertiary/aromatic N) is 2. The van der Waals surface area contributed by atoms with Crippen LogP contribution in [0.5, 0.6) is 0 Å². The van der Waals surface area contributed by atoms with Crippen molar-refractivity contribution in [2.24, 2.45) is 0 Å². The molecule has 1 aliphatic heterocycles. The summed E-state index contributed by atoms with van der Waals surface area (Å²) < 4.78 is 32.7. The lowest BCUT2D eigenvalue weighted by Gasteiger charge is -2.21. The maximum Gasteiger partial charge on any atom is 0.262 e. The predicted octanol–water partition coefficient (Wildman–Crippen LogP) is 0.627. The monoisotopic (exact) mass is 316 g/mol. The quantitative estimate of drug-likeness (QED) is 0.832. The standard InChI is InChI=1S/C13H24N4O3S/c1-4-14-8-12-11(3)15-16-13(12)21(18,19)17-6-5-7-20-10(2)9-17/h10,14H,4-9H2,1-3H3,(H,15,16). The lowest BCUT2D eigenvalue weighted by molar-refractivity contribution is 0.0751. The van der Waals surface area contributed by atoms with Gasteiger partial charge in [0.2, 0.25) is 0 Å². The average Bonchev–Trinajstić information content (AvgIpc) is 2.66. The van der Waals surface area contributed by atoms with Crippen LogP contribution in [0.2, 0.25) is 0 Å². The highest BCUT2D eigenvalue weighted by atomic mass is 32.2. The molecule has 0 spiro atoms. The number of aryl methyl sites for hydroxylation is 1. The Hall–Kier alpha value is -0.960. The van der Waals surface area contributed by atoms with Crippen LogP contribution in [0.25, 0.3) is 0 Å². The van der Waals surface area contributed by atoms with Crippen molar-refractivity contribution in [1.29, 1.82) is 0 Å². The molecule has 8 heteroatoms. The van der Waals surface area contributed by atoms with Gasteiger partial charge < -0.3 is 10.1 Å². The van der Waals surface area contributed by atoms with E-state index in [0.717, 1.165) is 17.8 Å². The highest BCUT2D eigenvalue weighted by Gasteiger charge is 2.32. The molecule has 1 aromatic heterocycles. The van der Waals surface area contributed by atoms with Crippen molar-refractivity contribution in [2.75, 3.05) is 26.2 Å². The Balaban J connectivity index is 2.30. The van der Waals surface area contributed by atoms with Gasteiger partial charge in [-0.25, -0.2) is 8.42 Å². The summed E-state index contributed by atoms with van der Waals surface area (Å²) in [5.41, 5.74) is 1.50. The van der Waals surface area contributed by atoms with Crippen LogP contribution < -0.4 is 5.32 Å². The first kappa shape index (κ1) is 16.4. The van der Waals surface area contributed by atoms with Crippen LogP contribution in [0.4, 0.5) is 0 Å². The molecule has 2 N–H and O–H groups in total. The molecule has 1 saturated heterocycles. The zero-order valence-corrected chi connectivity index (χ0v) is 13.7. The van der Waals surface area contributed by atoms with E-state index in [1.54, 1.807) is 0 Å². The third kappa shape index (κ3) is 3.63. The van der Waals surface area contributed by atoms with Gasteiger partial charge >= 0.3 is 0 Å². The van der Waals surface area contributed by atoms with E-state index in [1.807, 2.05) is 20.8 Å². The average molecular weight is 316 g/mol. The normalized spacial score (nSPS) is 21.4. The van der Waals surface area contributed by atoms with Crippen molar-refractivity contribution in [3.8, 4) is 0 Å². The largest absolute Gasteiger partial charge is 0.377 e. The summed E-state index contributed by atoms with van der Waals surface area (Å²) in [7, 11) is -3.59. The van der Waals surface area contributed by atoms with E-state index < -0.39 is 10.0 Å². The van der Waals surface area contributed by atoms with Crippen LogP contribution in [0.15, 0.2) is 5.03 Å². The summed E-state index contributed by atoms with van der Waals surface area (Å²) in [5.74, 6) is 0. The van der Waals surface area contributed by atoms with Crippen molar-refractivity contribution in [2.45, 2.75) is 44.9 Å². The van der Waals surface area contributed by atoms with E-state index in [4.69, 9.17) is 4.74 Å². The summed E-state index contributed by atoms with van der Waals surface area (Å²) in [5, 5.41) is 10.1. The molecule has 2 rings (SSSR count). The molecule has 1 aliphatic rings. The summed E-state index contributed by atoms with van der Waals surface area (Å²) in [6, 6.07) is 0. The molecule has 120 valence electrons. The predicted molar refractivity (Wildman–Crippen MR) is 79.5 cm³/mol. The second kappa shape index (κ2) is 6.87. The van der Waals surface area contributed by atoms with Crippen LogP contribution in [0, 0.1) is 6.92 Å². The van der Waals surface area contributed by atoms with Gasteiger partial charge in [-0.2, -0.15) is 9.40 Å². The van der Waals surface area contributed by atoms with Gasteiger partial charge in [-0.3, -0.25) is 5.10 Å². The Kier molecular flexibility index (Phi) is 5.37. The van der Waals surface area contributed by atoms with Gasteiger partial charge in [0.05, 0.1) is 6.10 Å². The smallest absolute Gasteiger partial charge is 0.262 e. The van der Waals surface area contributed by atoms with E-state index in [0.29, 0.717) is 32.7 Å². The van der Waals surface area contributed by atoms with Crippen LogP contribution in [-0.2, 0) is 21.3 Å². The fraction of sp³-hybridized carbons (Fsp3) is 0.769. The van der Waals surface area contributed by atoms with Crippen LogP contribution >= 0.6 is 0 Å². The van der Waals surface area contributed by atoms with E-state index in [1.165, 1.54) is 4.31 Å². The summed E-state index contributed by atoms with van der Waals surface area (Å²) >= 11 is 0. The van der Waals surface area contributed by atoms with Gasteiger partial charge in [0, 0.05) is 37.5 Å². The molecule has 1 unspecified atom stereocenters. The zero-order chi connectivity index (χ0) is 15.5. The highest BCUT2D eigenvalue weighted by Crippen LogP contribution is 2.22. The minimum Gasteiger partial charge on any atom is -0.377 e. The second-order valence-corrected chi connectivity index (χ2v) is 7.16. The first-order valence-electron chi connectivity index (χ1n) is 7.33.